The molecule has 0 saturated heterocycles. The Bertz CT molecular complexity index is 1020. The van der Waals surface area contributed by atoms with E-state index in [1.807, 2.05) is 28.8 Å². The summed E-state index contributed by atoms with van der Waals surface area (Å²) in [5, 5.41) is 8.96. The number of hydrogen-bond acceptors (Lipinski definition) is 8. The summed E-state index contributed by atoms with van der Waals surface area (Å²) in [5.74, 6) is 2.89. The van der Waals surface area contributed by atoms with Crippen LogP contribution < -0.4 is 24.7 Å². The van der Waals surface area contributed by atoms with Crippen molar-refractivity contribution in [3.63, 3.8) is 0 Å². The van der Waals surface area contributed by atoms with E-state index in [1.54, 1.807) is 25.3 Å². The van der Waals surface area contributed by atoms with Crippen molar-refractivity contribution in [2.75, 3.05) is 19.7 Å². The fourth-order valence-corrected chi connectivity index (χ4v) is 3.44. The fourth-order valence-electron chi connectivity index (χ4n) is 2.73. The zero-order chi connectivity index (χ0) is 20.2. The molecule has 0 unspecified atom stereocenters. The topological polar surface area (TPSA) is 111 Å². The van der Waals surface area contributed by atoms with Crippen LogP contribution in [0, 0.1) is 0 Å². The minimum atomic E-state index is -0.433. The van der Waals surface area contributed by atoms with E-state index in [-0.39, 0.29) is 19.2 Å². The lowest BCUT2D eigenvalue weighted by Gasteiger charge is -2.12. The third-order valence-electron chi connectivity index (χ3n) is 4.09. The number of thioether (sulfide) groups is 1. The first-order valence-electron chi connectivity index (χ1n) is 8.66. The highest BCUT2D eigenvalue weighted by molar-refractivity contribution is 7.99. The number of nitrogens with two attached hydrogens (primary N) is 1. The van der Waals surface area contributed by atoms with Crippen molar-refractivity contribution in [1.82, 2.24) is 14.8 Å². The quantitative estimate of drug-likeness (QED) is 0.558. The van der Waals surface area contributed by atoms with Gasteiger partial charge in [0.1, 0.15) is 18.1 Å². The Morgan fingerprint density at radius 3 is 2.66 bits per heavy atom. The second-order valence-corrected chi connectivity index (χ2v) is 6.93. The highest BCUT2D eigenvalue weighted by atomic mass is 32.2. The molecule has 29 heavy (non-hydrogen) atoms. The molecule has 150 valence electrons. The van der Waals surface area contributed by atoms with Gasteiger partial charge in [-0.05, 0) is 36.4 Å². The average Bonchev–Trinajstić information content (AvgIpc) is 3.37. The molecule has 3 aromatic rings. The summed E-state index contributed by atoms with van der Waals surface area (Å²) in [6.45, 7) is 0.362. The number of benzene rings is 2. The summed E-state index contributed by atoms with van der Waals surface area (Å²) < 4.78 is 23.6. The first kappa shape index (κ1) is 18.9. The molecular weight excluding hydrogens is 396 g/mol. The number of carbonyl (C=O) groups is 1. The van der Waals surface area contributed by atoms with Crippen LogP contribution in [0.3, 0.4) is 0 Å². The minimum absolute atomic E-state index is 0.0945. The normalized spacial score (nSPS) is 12.0. The van der Waals surface area contributed by atoms with E-state index in [1.165, 1.54) is 11.8 Å². The number of rotatable bonds is 8. The zero-order valence-corrected chi connectivity index (χ0v) is 16.3. The first-order chi connectivity index (χ1) is 14.1. The van der Waals surface area contributed by atoms with Crippen LogP contribution in [0.1, 0.15) is 5.82 Å². The van der Waals surface area contributed by atoms with Crippen LogP contribution in [-0.4, -0.2) is 40.3 Å². The molecule has 1 aliphatic rings. The number of fused-ring (bicyclic) bond motifs is 1. The molecule has 0 spiro atoms. The van der Waals surface area contributed by atoms with E-state index in [0.29, 0.717) is 28.2 Å². The number of amides is 1. The van der Waals surface area contributed by atoms with Crippen molar-refractivity contribution >= 4 is 17.7 Å². The molecule has 0 fully saturated rings. The Labute approximate surface area is 170 Å². The molecule has 1 aliphatic heterocycles. The lowest BCUT2D eigenvalue weighted by molar-refractivity contribution is -0.115. The molecule has 0 bridgehead atoms. The van der Waals surface area contributed by atoms with Crippen LogP contribution in [0.25, 0.3) is 5.69 Å². The molecular formula is C19H18N4O5S. The number of ether oxygens (including phenoxy) is 4. The van der Waals surface area contributed by atoms with Gasteiger partial charge in [0.2, 0.25) is 12.7 Å². The van der Waals surface area contributed by atoms with Gasteiger partial charge < -0.3 is 24.7 Å². The summed E-state index contributed by atoms with van der Waals surface area (Å²) >= 11 is 1.21. The second kappa shape index (κ2) is 8.31. The van der Waals surface area contributed by atoms with Crippen molar-refractivity contribution in [3.8, 4) is 28.7 Å². The third kappa shape index (κ3) is 4.21. The molecule has 0 saturated carbocycles. The number of carbonyl (C=O) groups excluding carboxylic acids is 1. The SMILES string of the molecule is COc1ccc(-n2c(COc3ccc4c(c3)OCO4)nnc2SCC(N)=O)cc1. The molecule has 0 aliphatic carbocycles. The smallest absolute Gasteiger partial charge is 0.231 e. The highest BCUT2D eigenvalue weighted by Gasteiger charge is 2.18. The van der Waals surface area contributed by atoms with Crippen molar-refractivity contribution in [3.05, 3.63) is 48.3 Å². The third-order valence-corrected chi connectivity index (χ3v) is 5.04. The second-order valence-electron chi connectivity index (χ2n) is 5.99. The Hall–Kier alpha value is -3.40. The molecule has 0 radical (unpaired) electrons. The van der Waals surface area contributed by atoms with Gasteiger partial charge in [-0.1, -0.05) is 11.8 Å². The van der Waals surface area contributed by atoms with E-state index in [0.717, 1.165) is 11.4 Å². The summed E-state index contributed by atoms with van der Waals surface area (Å²) in [6.07, 6.45) is 0. The predicted octanol–water partition coefficient (Wildman–Crippen LogP) is 2.16. The Morgan fingerprint density at radius 2 is 1.90 bits per heavy atom. The van der Waals surface area contributed by atoms with E-state index in [4.69, 9.17) is 24.7 Å². The molecule has 2 N–H and O–H groups in total. The molecule has 10 heteroatoms. The molecule has 4 rings (SSSR count). The summed E-state index contributed by atoms with van der Waals surface area (Å²) in [5.41, 5.74) is 6.08. The number of aromatic nitrogens is 3. The monoisotopic (exact) mass is 414 g/mol. The molecule has 1 aromatic heterocycles. The predicted molar refractivity (Wildman–Crippen MR) is 105 cm³/mol. The van der Waals surface area contributed by atoms with Crippen LogP contribution in [0.5, 0.6) is 23.0 Å². The Morgan fingerprint density at radius 1 is 1.14 bits per heavy atom. The number of hydrogen-bond donors (Lipinski definition) is 1. The Kier molecular flexibility index (Phi) is 5.43. The van der Waals surface area contributed by atoms with E-state index in [9.17, 15) is 4.79 Å². The number of methoxy groups -OCH3 is 1. The van der Waals surface area contributed by atoms with Crippen molar-refractivity contribution in [1.29, 1.82) is 0 Å². The van der Waals surface area contributed by atoms with E-state index >= 15 is 0 Å². The molecule has 1 amide bonds. The molecule has 2 aromatic carbocycles. The summed E-state index contributed by atoms with van der Waals surface area (Å²) in [4.78, 5) is 11.2. The van der Waals surface area contributed by atoms with Gasteiger partial charge in [-0.25, -0.2) is 0 Å². The molecule has 9 nitrogen and oxygen atoms in total. The van der Waals surface area contributed by atoms with Crippen LogP contribution >= 0.6 is 11.8 Å². The highest BCUT2D eigenvalue weighted by Crippen LogP contribution is 2.35. The van der Waals surface area contributed by atoms with Gasteiger partial charge in [0.05, 0.1) is 12.9 Å². The van der Waals surface area contributed by atoms with Crippen LogP contribution in [0.4, 0.5) is 0 Å². The summed E-state index contributed by atoms with van der Waals surface area (Å²) in [6, 6.07) is 12.8. The van der Waals surface area contributed by atoms with Crippen LogP contribution in [0.15, 0.2) is 47.6 Å². The largest absolute Gasteiger partial charge is 0.497 e. The lowest BCUT2D eigenvalue weighted by atomic mass is 10.3. The maximum Gasteiger partial charge on any atom is 0.231 e. The average molecular weight is 414 g/mol. The van der Waals surface area contributed by atoms with Crippen molar-refractivity contribution in [2.45, 2.75) is 11.8 Å². The van der Waals surface area contributed by atoms with E-state index in [2.05, 4.69) is 10.2 Å². The van der Waals surface area contributed by atoms with Crippen LogP contribution in [-0.2, 0) is 11.4 Å². The summed E-state index contributed by atoms with van der Waals surface area (Å²) in [7, 11) is 1.60. The van der Waals surface area contributed by atoms with Gasteiger partial charge in [-0.2, -0.15) is 0 Å². The van der Waals surface area contributed by atoms with Gasteiger partial charge in [0.15, 0.2) is 22.5 Å². The standard InChI is InChI=1S/C19H18N4O5S/c1-25-13-4-2-12(3-5-13)23-18(21-22-19(23)29-10-17(20)24)9-26-14-6-7-15-16(8-14)28-11-27-15/h2-8H,9-11H2,1H3,(H2,20,24). The fraction of sp³-hybridized carbons (Fsp3) is 0.211. The number of primary amides is 1. The van der Waals surface area contributed by atoms with Gasteiger partial charge in [0, 0.05) is 11.8 Å². The van der Waals surface area contributed by atoms with Crippen molar-refractivity contribution < 1.29 is 23.7 Å². The Balaban J connectivity index is 1.58. The zero-order valence-electron chi connectivity index (χ0n) is 15.5. The number of nitrogens with zero attached hydrogens (tertiary/aromatic N) is 3. The first-order valence-corrected chi connectivity index (χ1v) is 9.65. The van der Waals surface area contributed by atoms with Gasteiger partial charge in [-0.15, -0.1) is 10.2 Å². The van der Waals surface area contributed by atoms with Gasteiger partial charge >= 0.3 is 0 Å². The van der Waals surface area contributed by atoms with Gasteiger partial charge in [0.25, 0.3) is 0 Å². The maximum atomic E-state index is 11.2. The molecule has 2 heterocycles. The van der Waals surface area contributed by atoms with Crippen molar-refractivity contribution in [2.24, 2.45) is 5.73 Å². The van der Waals surface area contributed by atoms with E-state index < -0.39 is 5.91 Å². The van der Waals surface area contributed by atoms with Gasteiger partial charge in [-0.3, -0.25) is 9.36 Å². The minimum Gasteiger partial charge on any atom is -0.497 e. The van der Waals surface area contributed by atoms with Crippen LogP contribution in [0.2, 0.25) is 0 Å². The molecule has 0 atom stereocenters. The lowest BCUT2D eigenvalue weighted by Crippen LogP contribution is -2.14. The maximum absolute atomic E-state index is 11.2.